The first-order valence-electron chi connectivity index (χ1n) is 11.4. The van der Waals surface area contributed by atoms with Crippen LogP contribution in [0.15, 0.2) is 64.3 Å². The summed E-state index contributed by atoms with van der Waals surface area (Å²) in [5.41, 5.74) is 2.64. The molecular weight excluding hydrogens is 438 g/mol. The van der Waals surface area contributed by atoms with E-state index < -0.39 is 10.0 Å². The van der Waals surface area contributed by atoms with Crippen LogP contribution < -0.4 is 10.9 Å². The molecule has 2 heterocycles. The van der Waals surface area contributed by atoms with Crippen molar-refractivity contribution in [2.75, 3.05) is 13.1 Å². The van der Waals surface area contributed by atoms with Crippen LogP contribution in [0.1, 0.15) is 42.9 Å². The number of aromatic nitrogens is 1. The van der Waals surface area contributed by atoms with Crippen LogP contribution in [0.5, 0.6) is 0 Å². The van der Waals surface area contributed by atoms with E-state index in [2.05, 4.69) is 11.4 Å². The van der Waals surface area contributed by atoms with E-state index in [1.54, 1.807) is 18.2 Å². The van der Waals surface area contributed by atoms with E-state index in [1.807, 2.05) is 18.2 Å². The molecule has 2 aromatic carbocycles. The number of rotatable bonds is 5. The number of hydrogen-bond acceptors (Lipinski definition) is 4. The van der Waals surface area contributed by atoms with Crippen molar-refractivity contribution in [1.29, 1.82) is 0 Å². The molecule has 172 valence electrons. The van der Waals surface area contributed by atoms with Crippen molar-refractivity contribution in [3.05, 3.63) is 76.1 Å². The summed E-state index contributed by atoms with van der Waals surface area (Å²) < 4.78 is 28.8. The fraction of sp³-hybridized carbons (Fsp3) is 0.360. The summed E-state index contributed by atoms with van der Waals surface area (Å²) in [5.74, 6) is -0.236. The molecule has 1 atom stereocenters. The van der Waals surface area contributed by atoms with Gasteiger partial charge in [0.15, 0.2) is 0 Å². The van der Waals surface area contributed by atoms with Gasteiger partial charge in [0.1, 0.15) is 6.54 Å². The van der Waals surface area contributed by atoms with Crippen molar-refractivity contribution in [3.63, 3.8) is 0 Å². The SMILES string of the molecule is O=C(Cn1c(=O)ccc2cc(S(=O)(=O)N3CCCC3)ccc21)NC1CCCc2ccccc21. The lowest BCUT2D eigenvalue weighted by Crippen LogP contribution is -2.36. The zero-order chi connectivity index (χ0) is 23.0. The van der Waals surface area contributed by atoms with Crippen LogP contribution in [0.25, 0.3) is 10.9 Å². The standard InChI is InChI=1S/C25H27N3O4S/c29-24(26-22-9-5-7-18-6-1-2-8-21(18)22)17-28-23-12-11-20(16-19(23)10-13-25(28)30)33(31,32)27-14-3-4-15-27/h1-2,6,8,10-13,16,22H,3-5,7,9,14-15,17H2,(H,26,29). The zero-order valence-corrected chi connectivity index (χ0v) is 19.2. The summed E-state index contributed by atoms with van der Waals surface area (Å²) >= 11 is 0. The van der Waals surface area contributed by atoms with E-state index in [0.717, 1.165) is 37.7 Å². The Labute approximate surface area is 193 Å². The molecule has 0 spiro atoms. The maximum atomic E-state index is 12.9. The van der Waals surface area contributed by atoms with Crippen molar-refractivity contribution >= 4 is 26.8 Å². The molecule has 8 heteroatoms. The Morgan fingerprint density at radius 2 is 1.79 bits per heavy atom. The lowest BCUT2D eigenvalue weighted by Gasteiger charge is -2.26. The molecule has 0 saturated carbocycles. The third-order valence-electron chi connectivity index (χ3n) is 6.67. The van der Waals surface area contributed by atoms with Gasteiger partial charge >= 0.3 is 0 Å². The quantitative estimate of drug-likeness (QED) is 0.628. The van der Waals surface area contributed by atoms with E-state index in [-0.39, 0.29) is 28.9 Å². The number of pyridine rings is 1. The van der Waals surface area contributed by atoms with Gasteiger partial charge in [0.2, 0.25) is 15.9 Å². The summed E-state index contributed by atoms with van der Waals surface area (Å²) in [6.07, 6.45) is 4.61. The highest BCUT2D eigenvalue weighted by Gasteiger charge is 2.27. The second-order valence-electron chi connectivity index (χ2n) is 8.80. The minimum atomic E-state index is -3.56. The minimum absolute atomic E-state index is 0.0645. The Morgan fingerprint density at radius 1 is 1.00 bits per heavy atom. The number of amides is 1. The third-order valence-corrected chi connectivity index (χ3v) is 8.57. The molecule has 3 aromatic rings. The van der Waals surface area contributed by atoms with Crippen LogP contribution in [0.4, 0.5) is 0 Å². The van der Waals surface area contributed by atoms with Gasteiger partial charge in [0.25, 0.3) is 5.56 Å². The van der Waals surface area contributed by atoms with E-state index in [1.165, 1.54) is 26.6 Å². The second-order valence-corrected chi connectivity index (χ2v) is 10.7. The molecule has 1 unspecified atom stereocenters. The topological polar surface area (TPSA) is 88.5 Å². The number of fused-ring (bicyclic) bond motifs is 2. The molecule has 1 aliphatic heterocycles. The predicted molar refractivity (Wildman–Crippen MR) is 126 cm³/mol. The Hall–Kier alpha value is -2.97. The molecule has 0 bridgehead atoms. The molecule has 1 saturated heterocycles. The molecule has 33 heavy (non-hydrogen) atoms. The van der Waals surface area contributed by atoms with Crippen molar-refractivity contribution in [2.45, 2.75) is 49.6 Å². The molecule has 7 nitrogen and oxygen atoms in total. The van der Waals surface area contributed by atoms with Crippen molar-refractivity contribution in [2.24, 2.45) is 0 Å². The number of nitrogens with one attached hydrogen (secondary N) is 1. The molecule has 1 N–H and O–H groups in total. The molecule has 1 fully saturated rings. The molecular formula is C25H27N3O4S. The van der Waals surface area contributed by atoms with Crippen molar-refractivity contribution in [3.8, 4) is 0 Å². The fourth-order valence-electron chi connectivity index (χ4n) is 4.97. The zero-order valence-electron chi connectivity index (χ0n) is 18.4. The lowest BCUT2D eigenvalue weighted by atomic mass is 9.88. The van der Waals surface area contributed by atoms with E-state index in [4.69, 9.17) is 0 Å². The smallest absolute Gasteiger partial charge is 0.251 e. The maximum absolute atomic E-state index is 12.9. The first-order chi connectivity index (χ1) is 15.9. The number of nitrogens with zero attached hydrogens (tertiary/aromatic N) is 2. The van der Waals surface area contributed by atoms with Crippen LogP contribution in [-0.4, -0.2) is 36.3 Å². The highest BCUT2D eigenvalue weighted by molar-refractivity contribution is 7.89. The monoisotopic (exact) mass is 465 g/mol. The van der Waals surface area contributed by atoms with Crippen molar-refractivity contribution in [1.82, 2.24) is 14.2 Å². The van der Waals surface area contributed by atoms with Gasteiger partial charge < -0.3 is 5.32 Å². The maximum Gasteiger partial charge on any atom is 0.251 e. The van der Waals surface area contributed by atoms with Gasteiger partial charge in [-0.25, -0.2) is 8.42 Å². The largest absolute Gasteiger partial charge is 0.348 e. The van der Waals surface area contributed by atoms with Gasteiger partial charge in [-0.05, 0) is 72.9 Å². The van der Waals surface area contributed by atoms with Crippen LogP contribution >= 0.6 is 0 Å². The number of carbonyl (C=O) groups excluding carboxylic acids is 1. The first-order valence-corrected chi connectivity index (χ1v) is 12.9. The molecule has 1 amide bonds. The molecule has 1 aliphatic carbocycles. The summed E-state index contributed by atoms with van der Waals surface area (Å²) in [6.45, 7) is 0.946. The van der Waals surface area contributed by atoms with Gasteiger partial charge in [0.05, 0.1) is 16.5 Å². The highest BCUT2D eigenvalue weighted by atomic mass is 32.2. The molecule has 2 aliphatic rings. The Morgan fingerprint density at radius 3 is 2.61 bits per heavy atom. The highest BCUT2D eigenvalue weighted by Crippen LogP contribution is 2.29. The second kappa shape index (κ2) is 8.76. The Bertz CT molecular complexity index is 1370. The van der Waals surface area contributed by atoms with Gasteiger partial charge in [0, 0.05) is 19.2 Å². The summed E-state index contributed by atoms with van der Waals surface area (Å²) in [7, 11) is -3.56. The summed E-state index contributed by atoms with van der Waals surface area (Å²) in [6, 6.07) is 15.8. The number of carbonyl (C=O) groups is 1. The Balaban J connectivity index is 1.41. The van der Waals surface area contributed by atoms with Crippen LogP contribution in [0.3, 0.4) is 0 Å². The fourth-order valence-corrected chi connectivity index (χ4v) is 6.52. The van der Waals surface area contributed by atoms with Crippen LogP contribution in [-0.2, 0) is 27.8 Å². The van der Waals surface area contributed by atoms with E-state index >= 15 is 0 Å². The number of aryl methyl sites for hydroxylation is 1. The number of benzene rings is 2. The van der Waals surface area contributed by atoms with Crippen LogP contribution in [0, 0.1) is 0 Å². The predicted octanol–water partition coefficient (Wildman–Crippen LogP) is 2.98. The summed E-state index contributed by atoms with van der Waals surface area (Å²) in [4.78, 5) is 25.7. The third kappa shape index (κ3) is 4.20. The van der Waals surface area contributed by atoms with Gasteiger partial charge in [-0.2, -0.15) is 4.31 Å². The molecule has 1 aromatic heterocycles. The number of hydrogen-bond donors (Lipinski definition) is 1. The summed E-state index contributed by atoms with van der Waals surface area (Å²) in [5, 5.41) is 3.70. The van der Waals surface area contributed by atoms with Gasteiger partial charge in [-0.3, -0.25) is 14.2 Å². The minimum Gasteiger partial charge on any atom is -0.348 e. The molecule has 0 radical (unpaired) electrons. The van der Waals surface area contributed by atoms with Crippen LogP contribution in [0.2, 0.25) is 0 Å². The van der Waals surface area contributed by atoms with Gasteiger partial charge in [-0.1, -0.05) is 24.3 Å². The average Bonchev–Trinajstić information content (AvgIpc) is 3.37. The lowest BCUT2D eigenvalue weighted by molar-refractivity contribution is -0.122. The molecule has 5 rings (SSSR count). The normalized spacial score (nSPS) is 18.8. The first kappa shape index (κ1) is 21.9. The van der Waals surface area contributed by atoms with E-state index in [9.17, 15) is 18.0 Å². The van der Waals surface area contributed by atoms with Crippen molar-refractivity contribution < 1.29 is 13.2 Å². The van der Waals surface area contributed by atoms with Gasteiger partial charge in [-0.15, -0.1) is 0 Å². The van der Waals surface area contributed by atoms with E-state index in [0.29, 0.717) is 24.0 Å². The number of sulfonamides is 1. The Kier molecular flexibility index (Phi) is 5.80. The average molecular weight is 466 g/mol.